The summed E-state index contributed by atoms with van der Waals surface area (Å²) in [7, 11) is 0. The molecule has 1 aromatic heterocycles. The van der Waals surface area contributed by atoms with E-state index in [9.17, 15) is 0 Å². The average molecular weight is 444 g/mol. The van der Waals surface area contributed by atoms with E-state index in [-0.39, 0.29) is 0 Å². The second-order valence-corrected chi connectivity index (χ2v) is 9.75. The highest BCUT2D eigenvalue weighted by atomic mass is 79.9. The van der Waals surface area contributed by atoms with Crippen molar-refractivity contribution in [3.63, 3.8) is 0 Å². The van der Waals surface area contributed by atoms with Crippen LogP contribution in [0.5, 0.6) is 0 Å². The zero-order valence-corrected chi connectivity index (χ0v) is 20.0. The maximum absolute atomic E-state index is 3.80. The van der Waals surface area contributed by atoms with Crippen LogP contribution in [0.1, 0.15) is 127 Å². The van der Waals surface area contributed by atoms with E-state index in [1.807, 2.05) is 11.3 Å². The van der Waals surface area contributed by atoms with Gasteiger partial charge in [-0.2, -0.15) is 0 Å². The standard InChI is InChI=1S/C24H43BrS/c1-3-5-7-9-11-13-15-17-19-22-23(25)21-26-24(22)20-18-16-14-12-10-8-6-4-2/h21H,3-20H2,1-2H3. The van der Waals surface area contributed by atoms with E-state index < -0.39 is 0 Å². The Morgan fingerprint density at radius 3 is 1.54 bits per heavy atom. The molecule has 2 heteroatoms. The van der Waals surface area contributed by atoms with Gasteiger partial charge in [0.25, 0.3) is 0 Å². The Hall–Kier alpha value is 0.180. The van der Waals surface area contributed by atoms with Crippen LogP contribution >= 0.6 is 27.3 Å². The molecule has 0 nitrogen and oxygen atoms in total. The second kappa shape index (κ2) is 17.3. The summed E-state index contributed by atoms with van der Waals surface area (Å²) in [6, 6.07) is 0. The molecule has 0 saturated carbocycles. The SMILES string of the molecule is CCCCCCCCCCc1scc(Br)c1CCCCCCCCCC. The Morgan fingerprint density at radius 1 is 0.615 bits per heavy atom. The molecule has 0 saturated heterocycles. The predicted octanol–water partition coefficient (Wildman–Crippen LogP) is 9.88. The lowest BCUT2D eigenvalue weighted by Gasteiger charge is -2.06. The van der Waals surface area contributed by atoms with Gasteiger partial charge in [-0.1, -0.05) is 104 Å². The van der Waals surface area contributed by atoms with Gasteiger partial charge in [-0.15, -0.1) is 11.3 Å². The van der Waals surface area contributed by atoms with Crippen molar-refractivity contribution < 1.29 is 0 Å². The molecule has 0 radical (unpaired) electrons. The maximum Gasteiger partial charge on any atom is 0.0317 e. The minimum atomic E-state index is 1.28. The van der Waals surface area contributed by atoms with Crippen LogP contribution in [-0.2, 0) is 12.8 Å². The summed E-state index contributed by atoms with van der Waals surface area (Å²) in [6.07, 6.45) is 25.2. The largest absolute Gasteiger partial charge is 0.147 e. The fourth-order valence-corrected chi connectivity index (χ4v) is 5.58. The Bertz CT molecular complexity index is 424. The second-order valence-electron chi connectivity index (χ2n) is 7.94. The van der Waals surface area contributed by atoms with Crippen molar-refractivity contribution >= 4 is 27.3 Å². The summed E-state index contributed by atoms with van der Waals surface area (Å²) in [5, 5.41) is 2.32. The van der Waals surface area contributed by atoms with Crippen LogP contribution in [0, 0.1) is 0 Å². The molecule has 0 atom stereocenters. The number of unbranched alkanes of at least 4 members (excludes halogenated alkanes) is 14. The van der Waals surface area contributed by atoms with Gasteiger partial charge < -0.3 is 0 Å². The highest BCUT2D eigenvalue weighted by molar-refractivity contribution is 9.10. The summed E-state index contributed by atoms with van der Waals surface area (Å²) in [5.74, 6) is 0. The fraction of sp³-hybridized carbons (Fsp3) is 0.833. The van der Waals surface area contributed by atoms with Crippen LogP contribution in [0.25, 0.3) is 0 Å². The van der Waals surface area contributed by atoms with Gasteiger partial charge in [0.2, 0.25) is 0 Å². The van der Waals surface area contributed by atoms with Gasteiger partial charge in [0.1, 0.15) is 0 Å². The van der Waals surface area contributed by atoms with E-state index in [0.717, 1.165) is 0 Å². The third-order valence-electron chi connectivity index (χ3n) is 5.47. The van der Waals surface area contributed by atoms with Crippen molar-refractivity contribution in [2.24, 2.45) is 0 Å². The zero-order chi connectivity index (χ0) is 18.9. The number of rotatable bonds is 18. The lowest BCUT2D eigenvalue weighted by molar-refractivity contribution is 0.571. The molecule has 0 N–H and O–H groups in total. The van der Waals surface area contributed by atoms with Crippen molar-refractivity contribution in [3.05, 3.63) is 20.3 Å². The van der Waals surface area contributed by atoms with E-state index in [1.165, 1.54) is 120 Å². The molecular formula is C24H43BrS. The normalized spacial score (nSPS) is 11.3. The van der Waals surface area contributed by atoms with Gasteiger partial charge in [0.05, 0.1) is 0 Å². The van der Waals surface area contributed by atoms with Crippen molar-refractivity contribution in [2.75, 3.05) is 0 Å². The summed E-state index contributed by atoms with van der Waals surface area (Å²) in [6.45, 7) is 4.59. The quantitative estimate of drug-likeness (QED) is 0.198. The molecule has 0 aliphatic rings. The molecule has 0 aliphatic heterocycles. The first kappa shape index (κ1) is 24.2. The number of aryl methyl sites for hydroxylation is 1. The van der Waals surface area contributed by atoms with Crippen molar-refractivity contribution in [3.8, 4) is 0 Å². The molecule has 0 spiro atoms. The number of hydrogen-bond acceptors (Lipinski definition) is 1. The smallest absolute Gasteiger partial charge is 0.0317 e. The Kier molecular flexibility index (Phi) is 16.1. The number of halogens is 1. The molecule has 0 aromatic carbocycles. The van der Waals surface area contributed by atoms with E-state index in [4.69, 9.17) is 0 Å². The molecule has 1 heterocycles. The highest BCUT2D eigenvalue weighted by Crippen LogP contribution is 2.30. The van der Waals surface area contributed by atoms with E-state index in [0.29, 0.717) is 0 Å². The molecular weight excluding hydrogens is 400 g/mol. The lowest BCUT2D eigenvalue weighted by atomic mass is 10.0. The third-order valence-corrected chi connectivity index (χ3v) is 7.57. The first-order valence-electron chi connectivity index (χ1n) is 11.5. The molecule has 0 fully saturated rings. The average Bonchev–Trinajstić information content (AvgIpc) is 2.99. The molecule has 26 heavy (non-hydrogen) atoms. The Labute approximate surface area is 176 Å². The number of thiophene rings is 1. The zero-order valence-electron chi connectivity index (χ0n) is 17.6. The van der Waals surface area contributed by atoms with Crippen LogP contribution in [-0.4, -0.2) is 0 Å². The van der Waals surface area contributed by atoms with Gasteiger partial charge in [-0.25, -0.2) is 0 Å². The first-order chi connectivity index (χ1) is 12.8. The molecule has 0 aliphatic carbocycles. The Morgan fingerprint density at radius 2 is 1.04 bits per heavy atom. The van der Waals surface area contributed by atoms with Crippen LogP contribution in [0.15, 0.2) is 9.85 Å². The van der Waals surface area contributed by atoms with Gasteiger partial charge in [0, 0.05) is 14.7 Å². The fourth-order valence-electron chi connectivity index (χ4n) is 3.72. The summed E-state index contributed by atoms with van der Waals surface area (Å²) >= 11 is 5.78. The van der Waals surface area contributed by atoms with Crippen LogP contribution in [0.3, 0.4) is 0 Å². The minimum absolute atomic E-state index is 1.28. The molecule has 152 valence electrons. The van der Waals surface area contributed by atoms with Crippen molar-refractivity contribution in [1.29, 1.82) is 0 Å². The first-order valence-corrected chi connectivity index (χ1v) is 13.2. The van der Waals surface area contributed by atoms with Crippen LogP contribution < -0.4 is 0 Å². The van der Waals surface area contributed by atoms with Gasteiger partial charge in [0.15, 0.2) is 0 Å². The minimum Gasteiger partial charge on any atom is -0.147 e. The molecule has 0 amide bonds. The molecule has 0 unspecified atom stereocenters. The molecule has 1 aromatic rings. The summed E-state index contributed by atoms with van der Waals surface area (Å²) < 4.78 is 1.38. The molecule has 0 bridgehead atoms. The van der Waals surface area contributed by atoms with Crippen molar-refractivity contribution in [1.82, 2.24) is 0 Å². The van der Waals surface area contributed by atoms with E-state index >= 15 is 0 Å². The lowest BCUT2D eigenvalue weighted by Crippen LogP contribution is -1.92. The van der Waals surface area contributed by atoms with Gasteiger partial charge >= 0.3 is 0 Å². The summed E-state index contributed by atoms with van der Waals surface area (Å²) in [4.78, 5) is 1.66. The summed E-state index contributed by atoms with van der Waals surface area (Å²) in [5.41, 5.74) is 1.63. The highest BCUT2D eigenvalue weighted by Gasteiger charge is 2.09. The van der Waals surface area contributed by atoms with Gasteiger partial charge in [-0.3, -0.25) is 0 Å². The topological polar surface area (TPSA) is 0 Å². The van der Waals surface area contributed by atoms with Crippen molar-refractivity contribution in [2.45, 2.75) is 129 Å². The van der Waals surface area contributed by atoms with Crippen LogP contribution in [0.4, 0.5) is 0 Å². The maximum atomic E-state index is 3.80. The number of hydrogen-bond donors (Lipinski definition) is 0. The molecule has 1 rings (SSSR count). The monoisotopic (exact) mass is 442 g/mol. The van der Waals surface area contributed by atoms with Crippen LogP contribution in [0.2, 0.25) is 0 Å². The van der Waals surface area contributed by atoms with E-state index in [2.05, 4.69) is 35.2 Å². The third kappa shape index (κ3) is 11.8. The Balaban J connectivity index is 2.10. The predicted molar refractivity (Wildman–Crippen MR) is 125 cm³/mol. The van der Waals surface area contributed by atoms with Gasteiger partial charge in [-0.05, 0) is 47.2 Å². The van der Waals surface area contributed by atoms with E-state index in [1.54, 1.807) is 10.4 Å².